The van der Waals surface area contributed by atoms with Gasteiger partial charge in [-0.1, -0.05) is 17.7 Å². The fraction of sp³-hybridized carbons (Fsp3) is 0.417. The van der Waals surface area contributed by atoms with E-state index in [1.54, 1.807) is 12.1 Å². The Kier molecular flexibility index (Phi) is 3.15. The molecular formula is C12H13ClO4S. The summed E-state index contributed by atoms with van der Waals surface area (Å²) in [4.78, 5) is 11.1. The molecule has 0 aliphatic heterocycles. The van der Waals surface area contributed by atoms with Crippen molar-refractivity contribution in [1.82, 2.24) is 0 Å². The smallest absolute Gasteiger partial charge is 0.304 e. The predicted molar refractivity (Wildman–Crippen MR) is 67.7 cm³/mol. The van der Waals surface area contributed by atoms with E-state index in [1.165, 1.54) is 6.07 Å². The van der Waals surface area contributed by atoms with Crippen LogP contribution in [0.25, 0.3) is 0 Å². The molecule has 0 atom stereocenters. The predicted octanol–water partition coefficient (Wildman–Crippen LogP) is 2.25. The molecule has 0 spiro atoms. The van der Waals surface area contributed by atoms with Crippen molar-refractivity contribution in [2.45, 2.75) is 29.6 Å². The molecule has 0 saturated heterocycles. The van der Waals surface area contributed by atoms with Gasteiger partial charge in [-0.25, -0.2) is 8.42 Å². The van der Waals surface area contributed by atoms with E-state index in [9.17, 15) is 13.2 Å². The van der Waals surface area contributed by atoms with Gasteiger partial charge in [0.25, 0.3) is 0 Å². The van der Waals surface area contributed by atoms with Crippen molar-refractivity contribution in [3.63, 3.8) is 0 Å². The molecule has 1 saturated carbocycles. The highest BCUT2D eigenvalue weighted by molar-refractivity contribution is 7.90. The van der Waals surface area contributed by atoms with Gasteiger partial charge in [0.15, 0.2) is 9.84 Å². The Morgan fingerprint density at radius 1 is 1.44 bits per heavy atom. The number of benzene rings is 1. The summed E-state index contributed by atoms with van der Waals surface area (Å²) in [5, 5.41) is 9.27. The molecule has 1 aliphatic rings. The molecule has 1 aromatic carbocycles. The number of rotatable bonds is 4. The van der Waals surface area contributed by atoms with Gasteiger partial charge in [0.2, 0.25) is 0 Å². The summed E-state index contributed by atoms with van der Waals surface area (Å²) in [5.41, 5.74) is -0.139. The van der Waals surface area contributed by atoms with Crippen LogP contribution < -0.4 is 0 Å². The summed E-state index contributed by atoms with van der Waals surface area (Å²) < 4.78 is 23.5. The molecule has 0 aromatic heterocycles. The lowest BCUT2D eigenvalue weighted by Gasteiger charge is -2.18. The van der Waals surface area contributed by atoms with E-state index in [1.807, 2.05) is 0 Å². The first kappa shape index (κ1) is 13.4. The SMILES string of the molecule is CS(=O)(=O)c1cccc(Cl)c1C1(CC(=O)O)CC1. The number of halogens is 1. The molecule has 0 amide bonds. The van der Waals surface area contributed by atoms with Crippen molar-refractivity contribution in [1.29, 1.82) is 0 Å². The lowest BCUT2D eigenvalue weighted by molar-refractivity contribution is -0.137. The summed E-state index contributed by atoms with van der Waals surface area (Å²) >= 11 is 6.09. The average Bonchev–Trinajstić information content (AvgIpc) is 2.95. The van der Waals surface area contributed by atoms with Gasteiger partial charge < -0.3 is 5.11 Å². The van der Waals surface area contributed by atoms with E-state index < -0.39 is 21.2 Å². The fourth-order valence-electron chi connectivity index (χ4n) is 2.28. The number of carbonyl (C=O) groups is 1. The summed E-state index contributed by atoms with van der Waals surface area (Å²) in [6, 6.07) is 4.66. The van der Waals surface area contributed by atoms with Gasteiger partial charge in [-0.2, -0.15) is 0 Å². The second-order valence-corrected chi connectivity index (χ2v) is 7.13. The Hall–Kier alpha value is -1.07. The zero-order chi connectivity index (χ0) is 13.6. The summed E-state index contributed by atoms with van der Waals surface area (Å²) in [6.45, 7) is 0. The van der Waals surface area contributed by atoms with Gasteiger partial charge in [0.05, 0.1) is 11.3 Å². The number of sulfone groups is 1. The molecule has 0 bridgehead atoms. The second-order valence-electron chi connectivity index (χ2n) is 4.74. The minimum atomic E-state index is -3.41. The Morgan fingerprint density at radius 2 is 2.06 bits per heavy atom. The summed E-state index contributed by atoms with van der Waals surface area (Å²) in [6.07, 6.45) is 2.34. The van der Waals surface area contributed by atoms with Crippen molar-refractivity contribution in [2.75, 3.05) is 6.26 Å². The summed E-state index contributed by atoms with van der Waals surface area (Å²) in [5.74, 6) is -0.938. The van der Waals surface area contributed by atoms with Crippen LogP contribution in [0.3, 0.4) is 0 Å². The molecule has 0 radical (unpaired) electrons. The number of carboxylic acids is 1. The van der Waals surface area contributed by atoms with E-state index in [-0.39, 0.29) is 11.3 Å². The molecule has 0 unspecified atom stereocenters. The van der Waals surface area contributed by atoms with Crippen LogP contribution in [0.1, 0.15) is 24.8 Å². The third-order valence-corrected chi connectivity index (χ3v) is 4.70. The minimum absolute atomic E-state index is 0.0841. The summed E-state index contributed by atoms with van der Waals surface area (Å²) in [7, 11) is -3.41. The highest BCUT2D eigenvalue weighted by atomic mass is 35.5. The Bertz CT molecular complexity index is 603. The molecule has 2 rings (SSSR count). The lowest BCUT2D eigenvalue weighted by Crippen LogP contribution is -2.17. The highest BCUT2D eigenvalue weighted by Crippen LogP contribution is 2.54. The average molecular weight is 289 g/mol. The van der Waals surface area contributed by atoms with Crippen molar-refractivity contribution in [3.8, 4) is 0 Å². The topological polar surface area (TPSA) is 71.4 Å². The molecular weight excluding hydrogens is 276 g/mol. The van der Waals surface area contributed by atoms with Crippen molar-refractivity contribution in [3.05, 3.63) is 28.8 Å². The van der Waals surface area contributed by atoms with Gasteiger partial charge >= 0.3 is 5.97 Å². The molecule has 1 aliphatic carbocycles. The van der Waals surface area contributed by atoms with Gasteiger partial charge in [0.1, 0.15) is 0 Å². The van der Waals surface area contributed by atoms with Crippen LogP contribution >= 0.6 is 11.6 Å². The fourth-order valence-corrected chi connectivity index (χ4v) is 3.74. The van der Waals surface area contributed by atoms with Gasteiger partial charge in [-0.15, -0.1) is 0 Å². The third kappa shape index (κ3) is 2.37. The number of hydrogen-bond acceptors (Lipinski definition) is 3. The number of carboxylic acid groups (broad SMARTS) is 1. The minimum Gasteiger partial charge on any atom is -0.481 e. The maximum Gasteiger partial charge on any atom is 0.304 e. The Morgan fingerprint density at radius 3 is 2.50 bits per heavy atom. The van der Waals surface area contributed by atoms with E-state index in [4.69, 9.17) is 16.7 Å². The molecule has 6 heteroatoms. The molecule has 4 nitrogen and oxygen atoms in total. The standard InChI is InChI=1S/C12H13ClO4S/c1-18(16,17)9-4-2-3-8(13)11(9)12(5-6-12)7-10(14)15/h2-4H,5-7H2,1H3,(H,14,15). The van der Waals surface area contributed by atoms with Gasteiger partial charge in [0, 0.05) is 16.7 Å². The van der Waals surface area contributed by atoms with E-state index in [2.05, 4.69) is 0 Å². The monoisotopic (exact) mass is 288 g/mol. The Labute approximate surface area is 110 Å². The van der Waals surface area contributed by atoms with Crippen LogP contribution in [-0.4, -0.2) is 25.7 Å². The largest absolute Gasteiger partial charge is 0.481 e. The maximum atomic E-state index is 11.8. The van der Waals surface area contributed by atoms with Crippen molar-refractivity contribution in [2.24, 2.45) is 0 Å². The molecule has 1 fully saturated rings. The second kappa shape index (κ2) is 4.24. The third-order valence-electron chi connectivity index (χ3n) is 3.25. The molecule has 18 heavy (non-hydrogen) atoms. The van der Waals surface area contributed by atoms with Crippen LogP contribution in [-0.2, 0) is 20.0 Å². The van der Waals surface area contributed by atoms with Crippen LogP contribution in [0.15, 0.2) is 23.1 Å². The van der Waals surface area contributed by atoms with E-state index >= 15 is 0 Å². The lowest BCUT2D eigenvalue weighted by atomic mass is 9.92. The van der Waals surface area contributed by atoms with Crippen molar-refractivity contribution >= 4 is 27.4 Å². The first-order chi connectivity index (χ1) is 8.26. The first-order valence-corrected chi connectivity index (χ1v) is 7.74. The molecule has 1 N–H and O–H groups in total. The van der Waals surface area contributed by atoms with E-state index in [0.717, 1.165) is 6.26 Å². The molecule has 1 aromatic rings. The van der Waals surface area contributed by atoms with E-state index in [0.29, 0.717) is 23.4 Å². The quantitative estimate of drug-likeness (QED) is 0.922. The maximum absolute atomic E-state index is 11.8. The normalized spacial score (nSPS) is 17.4. The molecule has 0 heterocycles. The van der Waals surface area contributed by atoms with Gasteiger partial charge in [-0.05, 0) is 30.5 Å². The van der Waals surface area contributed by atoms with Crippen molar-refractivity contribution < 1.29 is 18.3 Å². The zero-order valence-electron chi connectivity index (χ0n) is 9.81. The number of aliphatic carboxylic acids is 1. The highest BCUT2D eigenvalue weighted by Gasteiger charge is 2.49. The Balaban J connectivity index is 2.61. The van der Waals surface area contributed by atoms with Crippen LogP contribution in [0.5, 0.6) is 0 Å². The molecule has 98 valence electrons. The van der Waals surface area contributed by atoms with Crippen LogP contribution in [0.4, 0.5) is 0 Å². The zero-order valence-corrected chi connectivity index (χ0v) is 11.4. The van der Waals surface area contributed by atoms with Gasteiger partial charge in [-0.3, -0.25) is 4.79 Å². The number of hydrogen-bond donors (Lipinski definition) is 1. The first-order valence-electron chi connectivity index (χ1n) is 5.47. The van der Waals surface area contributed by atoms with Crippen LogP contribution in [0, 0.1) is 0 Å². The van der Waals surface area contributed by atoms with Crippen LogP contribution in [0.2, 0.25) is 5.02 Å².